The molecule has 4 nitrogen and oxygen atoms in total. The number of thioether (sulfide) groups is 1. The number of sulfonamides is 1. The van der Waals surface area contributed by atoms with E-state index in [0.29, 0.717) is 5.69 Å². The minimum absolute atomic E-state index is 0.258. The molecule has 6 heteroatoms. The predicted octanol–water partition coefficient (Wildman–Crippen LogP) is 4.31. The van der Waals surface area contributed by atoms with Crippen LogP contribution in [0, 0.1) is 0 Å². The van der Waals surface area contributed by atoms with E-state index in [4.69, 9.17) is 0 Å². The highest BCUT2D eigenvalue weighted by atomic mass is 32.2. The maximum absolute atomic E-state index is 12.6. The van der Waals surface area contributed by atoms with E-state index in [0.717, 1.165) is 22.0 Å². The molecule has 0 aliphatic carbocycles. The normalized spacial score (nSPS) is 13.6. The Morgan fingerprint density at radius 2 is 1.54 bits per heavy atom. The molecular weight excluding hydrogens is 364 g/mol. The third-order valence-electron chi connectivity index (χ3n) is 4.07. The number of hydrogen-bond donors (Lipinski definition) is 1. The summed E-state index contributed by atoms with van der Waals surface area (Å²) in [6, 6.07) is 24.2. The van der Waals surface area contributed by atoms with Crippen LogP contribution in [0.15, 0.2) is 88.7 Å². The molecule has 1 aliphatic heterocycles. The topological polar surface area (TPSA) is 49.2 Å². The van der Waals surface area contributed by atoms with Gasteiger partial charge in [-0.2, -0.15) is 4.58 Å². The molecule has 0 atom stereocenters. The molecule has 1 N–H and O–H groups in total. The van der Waals surface area contributed by atoms with Gasteiger partial charge in [-0.25, -0.2) is 8.42 Å². The van der Waals surface area contributed by atoms with Gasteiger partial charge >= 0.3 is 0 Å². The van der Waals surface area contributed by atoms with Gasteiger partial charge in [-0.05, 0) is 24.3 Å². The van der Waals surface area contributed by atoms with Crippen LogP contribution >= 0.6 is 11.8 Å². The molecule has 0 amide bonds. The molecule has 3 aromatic carbocycles. The summed E-state index contributed by atoms with van der Waals surface area (Å²) >= 11 is 1.62. The van der Waals surface area contributed by atoms with Gasteiger partial charge in [0, 0.05) is 12.1 Å². The van der Waals surface area contributed by atoms with Crippen LogP contribution in [0.2, 0.25) is 0 Å². The number of para-hydroxylation sites is 1. The van der Waals surface area contributed by atoms with Crippen molar-refractivity contribution in [2.45, 2.75) is 9.79 Å². The van der Waals surface area contributed by atoms with Crippen LogP contribution in [0.3, 0.4) is 0 Å². The van der Waals surface area contributed by atoms with Crippen molar-refractivity contribution >= 4 is 39.4 Å². The van der Waals surface area contributed by atoms with E-state index < -0.39 is 10.0 Å². The molecule has 0 saturated heterocycles. The standard InChI is InChI=1S/C20H17N2O2S2/c23-26(24,18-11-5-2-6-12-18)21-19-13-7-8-16-14-22(15-25-20(16)19)17-9-3-1-4-10-17/h1-14,21H,15H2/q+1. The second-order valence-corrected chi connectivity index (χ2v) is 8.49. The first-order chi connectivity index (χ1) is 12.6. The molecule has 26 heavy (non-hydrogen) atoms. The van der Waals surface area contributed by atoms with Crippen LogP contribution in [0.1, 0.15) is 5.56 Å². The Morgan fingerprint density at radius 3 is 2.27 bits per heavy atom. The van der Waals surface area contributed by atoms with E-state index in [1.54, 1.807) is 48.2 Å². The molecule has 4 rings (SSSR count). The Kier molecular flexibility index (Phi) is 4.53. The fraction of sp³-hybridized carbons (Fsp3) is 0.0500. The van der Waals surface area contributed by atoms with Crippen LogP contribution in [-0.4, -0.2) is 25.1 Å². The van der Waals surface area contributed by atoms with E-state index in [9.17, 15) is 8.42 Å². The van der Waals surface area contributed by atoms with Gasteiger partial charge in [0.15, 0.2) is 12.1 Å². The van der Waals surface area contributed by atoms with E-state index in [1.807, 2.05) is 30.3 Å². The summed E-state index contributed by atoms with van der Waals surface area (Å²) in [5, 5.41) is 0. The average molecular weight is 382 g/mol. The number of nitrogens with zero attached hydrogens (tertiary/aromatic N) is 1. The van der Waals surface area contributed by atoms with Crippen molar-refractivity contribution in [2.24, 2.45) is 0 Å². The molecule has 130 valence electrons. The third kappa shape index (κ3) is 3.38. The van der Waals surface area contributed by atoms with Gasteiger partial charge in [0.2, 0.25) is 5.69 Å². The van der Waals surface area contributed by atoms with Gasteiger partial charge in [0.25, 0.3) is 10.0 Å². The lowest BCUT2D eigenvalue weighted by Crippen LogP contribution is -2.17. The molecule has 0 radical (unpaired) electrons. The van der Waals surface area contributed by atoms with E-state index in [-0.39, 0.29) is 4.90 Å². The molecule has 1 heterocycles. The second-order valence-electron chi connectivity index (χ2n) is 5.85. The highest BCUT2D eigenvalue weighted by Gasteiger charge is 2.23. The Balaban J connectivity index is 1.69. The zero-order valence-electron chi connectivity index (χ0n) is 13.9. The number of fused-ring (bicyclic) bond motifs is 1. The van der Waals surface area contributed by atoms with Gasteiger partial charge in [-0.1, -0.05) is 54.2 Å². The molecule has 3 aromatic rings. The molecule has 0 saturated carbocycles. The van der Waals surface area contributed by atoms with Crippen LogP contribution < -0.4 is 4.72 Å². The Morgan fingerprint density at radius 1 is 0.846 bits per heavy atom. The number of anilines is 1. The monoisotopic (exact) mass is 381 g/mol. The Bertz CT molecular complexity index is 1060. The number of benzene rings is 3. The lowest BCUT2D eigenvalue weighted by Gasteiger charge is -2.16. The third-order valence-corrected chi connectivity index (χ3v) is 6.61. The zero-order valence-corrected chi connectivity index (χ0v) is 15.5. The van der Waals surface area contributed by atoms with Crippen molar-refractivity contribution in [3.63, 3.8) is 0 Å². The number of nitrogens with one attached hydrogen (secondary N) is 1. The minimum Gasteiger partial charge on any atom is -0.278 e. The minimum atomic E-state index is -3.60. The summed E-state index contributed by atoms with van der Waals surface area (Å²) in [6.07, 6.45) is 2.06. The van der Waals surface area contributed by atoms with Crippen LogP contribution in [0.5, 0.6) is 0 Å². The maximum Gasteiger partial charge on any atom is 0.261 e. The van der Waals surface area contributed by atoms with Crippen molar-refractivity contribution in [1.29, 1.82) is 0 Å². The lowest BCUT2D eigenvalue weighted by atomic mass is 10.2. The maximum atomic E-state index is 12.6. The molecule has 1 aliphatic rings. The highest BCUT2D eigenvalue weighted by molar-refractivity contribution is 7.99. The van der Waals surface area contributed by atoms with Gasteiger partial charge in [-0.3, -0.25) is 4.72 Å². The fourth-order valence-electron chi connectivity index (χ4n) is 2.81. The molecule has 0 bridgehead atoms. The summed E-state index contributed by atoms with van der Waals surface area (Å²) in [5.74, 6) is 0.723. The van der Waals surface area contributed by atoms with Crippen LogP contribution in [0.25, 0.3) is 0 Å². The SMILES string of the molecule is O=S(=O)(Nc1cccc2c1SC[N+](c1ccccc1)=C2)c1ccccc1. The van der Waals surface area contributed by atoms with Crippen molar-refractivity contribution in [2.75, 3.05) is 10.6 Å². The quantitative estimate of drug-likeness (QED) is 0.685. The highest BCUT2D eigenvalue weighted by Crippen LogP contribution is 2.35. The van der Waals surface area contributed by atoms with Crippen molar-refractivity contribution in [1.82, 2.24) is 0 Å². The van der Waals surface area contributed by atoms with Gasteiger partial charge in [0.1, 0.15) is 0 Å². The van der Waals surface area contributed by atoms with Crippen LogP contribution in [0.4, 0.5) is 11.4 Å². The Labute approximate surface area is 157 Å². The first-order valence-corrected chi connectivity index (χ1v) is 10.6. The van der Waals surface area contributed by atoms with Crippen molar-refractivity contribution in [3.8, 4) is 0 Å². The molecule has 0 spiro atoms. The molecule has 0 fully saturated rings. The van der Waals surface area contributed by atoms with E-state index in [2.05, 4.69) is 27.6 Å². The predicted molar refractivity (Wildman–Crippen MR) is 106 cm³/mol. The smallest absolute Gasteiger partial charge is 0.261 e. The number of rotatable bonds is 4. The summed E-state index contributed by atoms with van der Waals surface area (Å²) in [5.41, 5.74) is 2.72. The van der Waals surface area contributed by atoms with Gasteiger partial charge in [-0.15, -0.1) is 0 Å². The lowest BCUT2D eigenvalue weighted by molar-refractivity contribution is -0.411. The number of hydrogen-bond acceptors (Lipinski definition) is 3. The first-order valence-electron chi connectivity index (χ1n) is 8.14. The van der Waals surface area contributed by atoms with Gasteiger partial charge in [0.05, 0.1) is 21.0 Å². The van der Waals surface area contributed by atoms with Crippen molar-refractivity contribution in [3.05, 3.63) is 84.4 Å². The largest absolute Gasteiger partial charge is 0.278 e. The molecule has 0 aromatic heterocycles. The Hall–Kier alpha value is -2.57. The second kappa shape index (κ2) is 6.97. The molecule has 0 unspecified atom stereocenters. The zero-order chi connectivity index (χ0) is 18.0. The summed E-state index contributed by atoms with van der Waals surface area (Å²) in [6.45, 7) is 0. The average Bonchev–Trinajstić information content (AvgIpc) is 2.69. The van der Waals surface area contributed by atoms with Gasteiger partial charge < -0.3 is 0 Å². The van der Waals surface area contributed by atoms with Crippen LogP contribution in [-0.2, 0) is 10.0 Å². The van der Waals surface area contributed by atoms with E-state index >= 15 is 0 Å². The summed E-state index contributed by atoms with van der Waals surface area (Å²) < 4.78 is 30.1. The summed E-state index contributed by atoms with van der Waals surface area (Å²) in [4.78, 5) is 1.20. The van der Waals surface area contributed by atoms with Crippen molar-refractivity contribution < 1.29 is 13.0 Å². The fourth-order valence-corrected chi connectivity index (χ4v) is 5.02. The van der Waals surface area contributed by atoms with E-state index in [1.165, 1.54) is 0 Å². The first kappa shape index (κ1) is 16.9. The summed E-state index contributed by atoms with van der Waals surface area (Å²) in [7, 11) is -3.60. The molecular formula is C20H17N2O2S2+.